The van der Waals surface area contributed by atoms with Crippen LogP contribution < -0.4 is 4.90 Å². The molecule has 0 unspecified atom stereocenters. The number of thiophene rings is 1. The molecule has 0 radical (unpaired) electrons. The third-order valence-corrected chi connectivity index (χ3v) is 7.35. The van der Waals surface area contributed by atoms with E-state index >= 15 is 0 Å². The summed E-state index contributed by atoms with van der Waals surface area (Å²) < 4.78 is 41.3. The Morgan fingerprint density at radius 3 is 2.70 bits per heavy atom. The van der Waals surface area contributed by atoms with Crippen LogP contribution in [0.2, 0.25) is 0 Å². The standard InChI is InChI=1S/C23H26F3N5OS/c24-23(25,26)15-32-13-3-8-30-9-11-31(12-10-30)21-19-17-5-1-6-18(17)33-22(19)29-20(28-21)16-4-2-7-27-14-16/h2,4,7,14H,1,3,5-6,8-13,15H2. The van der Waals surface area contributed by atoms with Crippen molar-refractivity contribution in [2.45, 2.75) is 31.9 Å². The average molecular weight is 478 g/mol. The molecule has 0 aromatic carbocycles. The summed E-state index contributed by atoms with van der Waals surface area (Å²) in [6, 6.07) is 3.88. The summed E-state index contributed by atoms with van der Waals surface area (Å²) in [7, 11) is 0. The molecule has 3 aromatic heterocycles. The van der Waals surface area contributed by atoms with Crippen molar-refractivity contribution >= 4 is 27.4 Å². The molecule has 4 heterocycles. The van der Waals surface area contributed by atoms with E-state index in [1.54, 1.807) is 23.7 Å². The number of alkyl halides is 3. The number of aryl methyl sites for hydroxylation is 2. The molecule has 10 heteroatoms. The third kappa shape index (κ3) is 5.12. The summed E-state index contributed by atoms with van der Waals surface area (Å²) in [5.41, 5.74) is 2.32. The second-order valence-electron chi connectivity index (χ2n) is 8.50. The zero-order chi connectivity index (χ0) is 22.8. The Balaban J connectivity index is 1.30. The molecule has 0 spiro atoms. The Morgan fingerprint density at radius 2 is 1.94 bits per heavy atom. The van der Waals surface area contributed by atoms with E-state index in [0.29, 0.717) is 12.2 Å². The number of rotatable bonds is 7. The molecular formula is C23H26F3N5OS. The number of fused-ring (bicyclic) bond motifs is 3. The first-order chi connectivity index (χ1) is 16.0. The Labute approximate surface area is 194 Å². The summed E-state index contributed by atoms with van der Waals surface area (Å²) in [4.78, 5) is 21.2. The maximum absolute atomic E-state index is 12.2. The van der Waals surface area contributed by atoms with Crippen molar-refractivity contribution in [3.05, 3.63) is 35.0 Å². The SMILES string of the molecule is FC(F)(F)COCCCN1CCN(c2nc(-c3cccnc3)nc3sc4c(c23)CCC4)CC1. The molecular weight excluding hydrogens is 451 g/mol. The quantitative estimate of drug-likeness (QED) is 0.472. The zero-order valence-electron chi connectivity index (χ0n) is 18.3. The fourth-order valence-electron chi connectivity index (χ4n) is 4.59. The molecule has 0 N–H and O–H groups in total. The second kappa shape index (κ2) is 9.52. The zero-order valence-corrected chi connectivity index (χ0v) is 19.1. The van der Waals surface area contributed by atoms with Crippen LogP contribution in [0.3, 0.4) is 0 Å². The van der Waals surface area contributed by atoms with Crippen LogP contribution in [0.5, 0.6) is 0 Å². The highest BCUT2D eigenvalue weighted by Crippen LogP contribution is 2.41. The van der Waals surface area contributed by atoms with Gasteiger partial charge in [0.05, 0.1) is 5.39 Å². The van der Waals surface area contributed by atoms with Gasteiger partial charge in [-0.3, -0.25) is 9.88 Å². The molecule has 3 aromatic rings. The van der Waals surface area contributed by atoms with E-state index < -0.39 is 12.8 Å². The van der Waals surface area contributed by atoms with E-state index in [0.717, 1.165) is 61.8 Å². The lowest BCUT2D eigenvalue weighted by molar-refractivity contribution is -0.174. The highest BCUT2D eigenvalue weighted by atomic mass is 32.1. The highest BCUT2D eigenvalue weighted by molar-refractivity contribution is 7.19. The van der Waals surface area contributed by atoms with Crippen LogP contribution in [0.15, 0.2) is 24.5 Å². The molecule has 1 aliphatic carbocycles. The molecule has 0 atom stereocenters. The largest absolute Gasteiger partial charge is 0.411 e. The van der Waals surface area contributed by atoms with Gasteiger partial charge in [-0.05, 0) is 43.4 Å². The number of halogens is 3. The van der Waals surface area contributed by atoms with E-state index in [1.807, 2.05) is 12.1 Å². The van der Waals surface area contributed by atoms with E-state index in [1.165, 1.54) is 22.2 Å². The van der Waals surface area contributed by atoms with Crippen molar-refractivity contribution < 1.29 is 17.9 Å². The van der Waals surface area contributed by atoms with Gasteiger partial charge in [-0.1, -0.05) is 0 Å². The van der Waals surface area contributed by atoms with Crippen LogP contribution in [0, 0.1) is 0 Å². The number of hydrogen-bond donors (Lipinski definition) is 0. The van der Waals surface area contributed by atoms with Crippen LogP contribution in [0.25, 0.3) is 21.6 Å². The molecule has 0 amide bonds. The van der Waals surface area contributed by atoms with Crippen molar-refractivity contribution in [2.24, 2.45) is 0 Å². The van der Waals surface area contributed by atoms with Crippen LogP contribution in [-0.4, -0.2) is 72.0 Å². The molecule has 176 valence electrons. The number of ether oxygens (including phenoxy) is 1. The Morgan fingerprint density at radius 1 is 1.09 bits per heavy atom. The van der Waals surface area contributed by atoms with Gasteiger partial charge in [0.25, 0.3) is 0 Å². The normalized spacial score (nSPS) is 17.1. The number of anilines is 1. The Hall–Kier alpha value is -2.30. The molecule has 5 rings (SSSR count). The van der Waals surface area contributed by atoms with E-state index in [-0.39, 0.29) is 6.61 Å². The van der Waals surface area contributed by atoms with Crippen molar-refractivity contribution in [1.82, 2.24) is 19.9 Å². The van der Waals surface area contributed by atoms with E-state index in [4.69, 9.17) is 14.7 Å². The van der Waals surface area contributed by atoms with Crippen LogP contribution >= 0.6 is 11.3 Å². The van der Waals surface area contributed by atoms with Crippen LogP contribution in [0.1, 0.15) is 23.3 Å². The van der Waals surface area contributed by atoms with Crippen molar-refractivity contribution in [2.75, 3.05) is 50.8 Å². The van der Waals surface area contributed by atoms with Gasteiger partial charge >= 0.3 is 6.18 Å². The summed E-state index contributed by atoms with van der Waals surface area (Å²) in [5.74, 6) is 1.71. The molecule has 2 aliphatic rings. The van der Waals surface area contributed by atoms with Gasteiger partial charge in [0, 0.05) is 62.2 Å². The van der Waals surface area contributed by atoms with Gasteiger partial charge in [-0.25, -0.2) is 9.97 Å². The smallest absolute Gasteiger partial charge is 0.372 e. The number of pyridine rings is 1. The van der Waals surface area contributed by atoms with Crippen LogP contribution in [-0.2, 0) is 17.6 Å². The summed E-state index contributed by atoms with van der Waals surface area (Å²) >= 11 is 1.79. The first-order valence-electron chi connectivity index (χ1n) is 11.3. The number of hydrogen-bond acceptors (Lipinski definition) is 7. The minimum Gasteiger partial charge on any atom is -0.372 e. The van der Waals surface area contributed by atoms with Crippen molar-refractivity contribution in [3.8, 4) is 11.4 Å². The summed E-state index contributed by atoms with van der Waals surface area (Å²) in [6.07, 6.45) is 3.26. The predicted molar refractivity (Wildman–Crippen MR) is 123 cm³/mol. The molecule has 1 fully saturated rings. The minimum atomic E-state index is -4.26. The van der Waals surface area contributed by atoms with E-state index in [9.17, 15) is 13.2 Å². The predicted octanol–water partition coefficient (Wildman–Crippen LogP) is 4.33. The Bertz CT molecular complexity index is 1100. The molecule has 1 saturated heterocycles. The van der Waals surface area contributed by atoms with Gasteiger partial charge in [0.2, 0.25) is 0 Å². The molecule has 0 saturated carbocycles. The maximum Gasteiger partial charge on any atom is 0.411 e. The van der Waals surface area contributed by atoms with Crippen molar-refractivity contribution in [1.29, 1.82) is 0 Å². The molecule has 0 bridgehead atoms. The first kappa shape index (κ1) is 22.5. The topological polar surface area (TPSA) is 54.4 Å². The van der Waals surface area contributed by atoms with Gasteiger partial charge in [-0.2, -0.15) is 13.2 Å². The van der Waals surface area contributed by atoms with Crippen molar-refractivity contribution in [3.63, 3.8) is 0 Å². The molecule has 33 heavy (non-hydrogen) atoms. The lowest BCUT2D eigenvalue weighted by Crippen LogP contribution is -2.47. The summed E-state index contributed by atoms with van der Waals surface area (Å²) in [6.45, 7) is 3.04. The van der Waals surface area contributed by atoms with E-state index in [2.05, 4.69) is 14.8 Å². The highest BCUT2D eigenvalue weighted by Gasteiger charge is 2.28. The van der Waals surface area contributed by atoms with Gasteiger partial charge in [0.1, 0.15) is 17.3 Å². The monoisotopic (exact) mass is 477 g/mol. The van der Waals surface area contributed by atoms with Gasteiger partial charge in [-0.15, -0.1) is 11.3 Å². The number of piperazine rings is 1. The number of nitrogens with zero attached hydrogens (tertiary/aromatic N) is 5. The first-order valence-corrected chi connectivity index (χ1v) is 12.1. The average Bonchev–Trinajstić information content (AvgIpc) is 3.40. The lowest BCUT2D eigenvalue weighted by Gasteiger charge is -2.36. The fraction of sp³-hybridized carbons (Fsp3) is 0.522. The fourth-order valence-corrected chi connectivity index (χ4v) is 5.85. The summed E-state index contributed by atoms with van der Waals surface area (Å²) in [5, 5.41) is 1.20. The molecule has 1 aliphatic heterocycles. The second-order valence-corrected chi connectivity index (χ2v) is 9.58. The minimum absolute atomic E-state index is 0.127. The lowest BCUT2D eigenvalue weighted by atomic mass is 10.1. The maximum atomic E-state index is 12.2. The third-order valence-electron chi connectivity index (χ3n) is 6.17. The van der Waals surface area contributed by atoms with Gasteiger partial charge in [0.15, 0.2) is 5.82 Å². The van der Waals surface area contributed by atoms with Crippen LogP contribution in [0.4, 0.5) is 19.0 Å². The Kier molecular flexibility index (Phi) is 6.49. The number of aromatic nitrogens is 3. The van der Waals surface area contributed by atoms with Gasteiger partial charge < -0.3 is 9.64 Å². The molecule has 6 nitrogen and oxygen atoms in total.